The zero-order valence-electron chi connectivity index (χ0n) is 11.3. The van der Waals surface area contributed by atoms with Crippen LogP contribution in [-0.2, 0) is 6.42 Å². The van der Waals surface area contributed by atoms with Gasteiger partial charge >= 0.3 is 0 Å². The molecule has 100 valence electrons. The molecule has 0 saturated carbocycles. The van der Waals surface area contributed by atoms with Crippen LogP contribution >= 0.6 is 0 Å². The van der Waals surface area contributed by atoms with E-state index in [1.165, 1.54) is 0 Å². The second-order valence-electron chi connectivity index (χ2n) is 4.78. The smallest absolute Gasteiger partial charge is 0.133 e. The molecule has 0 aliphatic rings. The maximum atomic E-state index is 9.24. The Labute approximate surface area is 113 Å². The summed E-state index contributed by atoms with van der Waals surface area (Å²) in [4.78, 5) is 8.50. The van der Waals surface area contributed by atoms with Crippen molar-refractivity contribution in [3.8, 4) is 5.75 Å². The molecule has 2 rings (SSSR count). The molecule has 19 heavy (non-hydrogen) atoms. The molecule has 1 unspecified atom stereocenters. The molecule has 0 radical (unpaired) electrons. The molecule has 0 aliphatic heterocycles. The number of nitrogens with zero attached hydrogens (tertiary/aromatic N) is 2. The van der Waals surface area contributed by atoms with E-state index in [0.717, 1.165) is 30.0 Å². The predicted octanol–water partition coefficient (Wildman–Crippen LogP) is 3.51. The Bertz CT molecular complexity index is 525. The van der Waals surface area contributed by atoms with Gasteiger partial charge in [0.15, 0.2) is 0 Å². The van der Waals surface area contributed by atoms with Crippen molar-refractivity contribution < 1.29 is 5.11 Å². The third-order valence-electron chi connectivity index (χ3n) is 3.12. The van der Waals surface area contributed by atoms with E-state index in [-0.39, 0.29) is 5.75 Å². The Morgan fingerprint density at radius 2 is 1.95 bits per heavy atom. The third kappa shape index (κ3) is 3.95. The Kier molecular flexibility index (Phi) is 4.34. The van der Waals surface area contributed by atoms with Crippen LogP contribution in [0.3, 0.4) is 0 Å². The monoisotopic (exact) mass is 257 g/mol. The Morgan fingerprint density at radius 3 is 2.63 bits per heavy atom. The Balaban J connectivity index is 2.08. The number of aromatic hydroxyl groups is 1. The van der Waals surface area contributed by atoms with Crippen molar-refractivity contribution in [1.29, 1.82) is 0 Å². The topological polar surface area (TPSA) is 58.0 Å². The maximum absolute atomic E-state index is 9.24. The molecule has 0 amide bonds. The molecule has 2 aromatic rings. The highest BCUT2D eigenvalue weighted by atomic mass is 16.3. The van der Waals surface area contributed by atoms with Crippen LogP contribution in [0.15, 0.2) is 36.7 Å². The second kappa shape index (κ2) is 6.18. The van der Waals surface area contributed by atoms with Crippen LogP contribution in [0.4, 0.5) is 11.5 Å². The number of nitrogens with one attached hydrogen (secondary N) is 1. The summed E-state index contributed by atoms with van der Waals surface area (Å²) >= 11 is 0. The van der Waals surface area contributed by atoms with Gasteiger partial charge in [-0.05, 0) is 36.6 Å². The molecule has 0 bridgehead atoms. The van der Waals surface area contributed by atoms with Gasteiger partial charge in [-0.3, -0.25) is 0 Å². The summed E-state index contributed by atoms with van der Waals surface area (Å²) in [5, 5.41) is 12.4. The number of aromatic nitrogens is 2. The predicted molar refractivity (Wildman–Crippen MR) is 76.6 cm³/mol. The van der Waals surface area contributed by atoms with E-state index in [1.807, 2.05) is 18.2 Å². The van der Waals surface area contributed by atoms with Crippen molar-refractivity contribution >= 4 is 11.5 Å². The van der Waals surface area contributed by atoms with Crippen molar-refractivity contribution in [2.45, 2.75) is 26.7 Å². The highest BCUT2D eigenvalue weighted by Crippen LogP contribution is 2.18. The Hall–Kier alpha value is -2.10. The molecule has 0 saturated heterocycles. The normalized spacial score (nSPS) is 12.1. The largest absolute Gasteiger partial charge is 0.508 e. The maximum Gasteiger partial charge on any atom is 0.133 e. The molecule has 0 fully saturated rings. The summed E-state index contributed by atoms with van der Waals surface area (Å²) in [5.74, 6) is 1.65. The van der Waals surface area contributed by atoms with Crippen LogP contribution in [0.1, 0.15) is 26.0 Å². The van der Waals surface area contributed by atoms with E-state index >= 15 is 0 Å². The van der Waals surface area contributed by atoms with Crippen LogP contribution in [-0.4, -0.2) is 15.1 Å². The lowest BCUT2D eigenvalue weighted by Gasteiger charge is -2.09. The summed E-state index contributed by atoms with van der Waals surface area (Å²) in [5.41, 5.74) is 1.94. The first kappa shape index (κ1) is 13.3. The minimum atomic E-state index is 0.255. The minimum absolute atomic E-state index is 0.255. The van der Waals surface area contributed by atoms with Gasteiger partial charge in [0.2, 0.25) is 0 Å². The average Bonchev–Trinajstić information content (AvgIpc) is 2.42. The van der Waals surface area contributed by atoms with E-state index < -0.39 is 0 Å². The molecular weight excluding hydrogens is 238 g/mol. The number of phenols is 1. The summed E-state index contributed by atoms with van der Waals surface area (Å²) in [6.45, 7) is 4.40. The number of anilines is 2. The molecule has 1 heterocycles. The van der Waals surface area contributed by atoms with Crippen LogP contribution in [0.5, 0.6) is 5.75 Å². The molecular formula is C15H19N3O. The van der Waals surface area contributed by atoms with Crippen LogP contribution < -0.4 is 5.32 Å². The molecule has 1 aromatic carbocycles. The van der Waals surface area contributed by atoms with E-state index in [0.29, 0.717) is 5.92 Å². The van der Waals surface area contributed by atoms with Crippen molar-refractivity contribution in [2.75, 3.05) is 5.32 Å². The lowest BCUT2D eigenvalue weighted by atomic mass is 10.0. The SMILES string of the molecule is CCC(C)Cc1cc(Nc2ccc(O)cc2)ncn1. The molecule has 1 atom stereocenters. The number of phenolic OH excluding ortho intramolecular Hbond substituents is 1. The number of rotatable bonds is 5. The van der Waals surface area contributed by atoms with Gasteiger partial charge in [0.05, 0.1) is 0 Å². The van der Waals surface area contributed by atoms with Gasteiger partial charge in [-0.2, -0.15) is 0 Å². The van der Waals surface area contributed by atoms with Gasteiger partial charge < -0.3 is 10.4 Å². The van der Waals surface area contributed by atoms with Gasteiger partial charge in [-0.15, -0.1) is 0 Å². The zero-order chi connectivity index (χ0) is 13.7. The fourth-order valence-corrected chi connectivity index (χ4v) is 1.77. The highest BCUT2D eigenvalue weighted by Gasteiger charge is 2.04. The minimum Gasteiger partial charge on any atom is -0.508 e. The second-order valence-corrected chi connectivity index (χ2v) is 4.78. The van der Waals surface area contributed by atoms with Crippen LogP contribution in [0.25, 0.3) is 0 Å². The average molecular weight is 257 g/mol. The summed E-state index contributed by atoms with van der Waals surface area (Å²) in [6, 6.07) is 8.88. The zero-order valence-corrected chi connectivity index (χ0v) is 11.3. The van der Waals surface area contributed by atoms with E-state index in [9.17, 15) is 5.11 Å². The molecule has 1 aromatic heterocycles. The first-order valence-corrected chi connectivity index (χ1v) is 6.54. The highest BCUT2D eigenvalue weighted by molar-refractivity contribution is 5.56. The molecule has 0 spiro atoms. The number of hydrogen-bond acceptors (Lipinski definition) is 4. The van der Waals surface area contributed by atoms with Crippen molar-refractivity contribution in [1.82, 2.24) is 9.97 Å². The lowest BCUT2D eigenvalue weighted by Crippen LogP contribution is -2.02. The van der Waals surface area contributed by atoms with Gasteiger partial charge in [0.1, 0.15) is 17.9 Å². The van der Waals surface area contributed by atoms with Gasteiger partial charge in [0, 0.05) is 17.4 Å². The lowest BCUT2D eigenvalue weighted by molar-refractivity contribution is 0.475. The van der Waals surface area contributed by atoms with Crippen molar-refractivity contribution in [3.63, 3.8) is 0 Å². The summed E-state index contributed by atoms with van der Waals surface area (Å²) in [7, 11) is 0. The third-order valence-corrected chi connectivity index (χ3v) is 3.12. The van der Waals surface area contributed by atoms with Crippen molar-refractivity contribution in [3.05, 3.63) is 42.4 Å². The molecule has 4 nitrogen and oxygen atoms in total. The first-order chi connectivity index (χ1) is 9.17. The number of benzene rings is 1. The van der Waals surface area contributed by atoms with E-state index in [1.54, 1.807) is 18.5 Å². The molecule has 2 N–H and O–H groups in total. The van der Waals surface area contributed by atoms with Crippen molar-refractivity contribution in [2.24, 2.45) is 5.92 Å². The van der Waals surface area contributed by atoms with E-state index in [2.05, 4.69) is 29.1 Å². The fraction of sp³-hybridized carbons (Fsp3) is 0.333. The first-order valence-electron chi connectivity index (χ1n) is 6.54. The van der Waals surface area contributed by atoms with Gasteiger partial charge in [-0.25, -0.2) is 9.97 Å². The van der Waals surface area contributed by atoms with E-state index in [4.69, 9.17) is 0 Å². The van der Waals surface area contributed by atoms with Gasteiger partial charge in [-0.1, -0.05) is 20.3 Å². The standard InChI is InChI=1S/C15H19N3O/c1-3-11(2)8-13-9-15(17-10-16-13)18-12-4-6-14(19)7-5-12/h4-7,9-11,19H,3,8H2,1-2H3,(H,16,17,18). The number of hydrogen-bond donors (Lipinski definition) is 2. The summed E-state index contributed by atoms with van der Waals surface area (Å²) in [6.07, 6.45) is 3.69. The van der Waals surface area contributed by atoms with Crippen LogP contribution in [0, 0.1) is 5.92 Å². The van der Waals surface area contributed by atoms with Gasteiger partial charge in [0.25, 0.3) is 0 Å². The molecule has 0 aliphatic carbocycles. The molecule has 4 heteroatoms. The quantitative estimate of drug-likeness (QED) is 0.805. The Morgan fingerprint density at radius 1 is 1.21 bits per heavy atom. The van der Waals surface area contributed by atoms with Crippen LogP contribution in [0.2, 0.25) is 0 Å². The summed E-state index contributed by atoms with van der Waals surface area (Å²) < 4.78 is 0. The fourth-order valence-electron chi connectivity index (χ4n) is 1.77.